The average molecular weight is 226 g/mol. The molecule has 0 aliphatic heterocycles. The third-order valence-electron chi connectivity index (χ3n) is 5.73. The second-order valence-corrected chi connectivity index (χ2v) is 6.24. The van der Waals surface area contributed by atoms with Crippen molar-refractivity contribution in [1.82, 2.24) is 0 Å². The average Bonchev–Trinajstić information content (AvgIpc) is 2.57. The zero-order valence-electron chi connectivity index (χ0n) is 10.7. The first-order chi connectivity index (χ1) is 7.19. The van der Waals surface area contributed by atoms with Gasteiger partial charge in [0.25, 0.3) is 0 Å². The van der Waals surface area contributed by atoms with Gasteiger partial charge < -0.3 is 10.2 Å². The maximum absolute atomic E-state index is 11.3. The van der Waals surface area contributed by atoms with Crippen LogP contribution in [0.25, 0.3) is 0 Å². The molecule has 5 atom stereocenters. The van der Waals surface area contributed by atoms with Crippen molar-refractivity contribution < 1.29 is 15.0 Å². The molecule has 2 N–H and O–H groups in total. The van der Waals surface area contributed by atoms with Gasteiger partial charge in [0.1, 0.15) is 0 Å². The van der Waals surface area contributed by atoms with Crippen molar-refractivity contribution in [1.29, 1.82) is 0 Å². The first-order valence-electron chi connectivity index (χ1n) is 6.14. The molecule has 0 saturated heterocycles. The van der Waals surface area contributed by atoms with Crippen molar-refractivity contribution in [2.45, 2.75) is 46.6 Å². The molecule has 3 nitrogen and oxygen atoms in total. The highest BCUT2D eigenvalue weighted by Crippen LogP contribution is 2.88. The Hall–Kier alpha value is -0.570. The Labute approximate surface area is 96.9 Å². The molecule has 3 heteroatoms. The fraction of sp³-hybridized carbons (Fsp3) is 0.923. The molecule has 5 unspecified atom stereocenters. The first-order valence-corrected chi connectivity index (χ1v) is 6.14. The Morgan fingerprint density at radius 1 is 1.38 bits per heavy atom. The van der Waals surface area contributed by atoms with Gasteiger partial charge >= 0.3 is 5.97 Å². The predicted octanol–water partition coefficient (Wildman–Crippen LogP) is 2.14. The lowest BCUT2D eigenvalue weighted by atomic mass is 9.49. The van der Waals surface area contributed by atoms with Crippen LogP contribution in [0, 0.1) is 28.6 Å². The number of aliphatic carboxylic acids is 1. The second kappa shape index (κ2) is 2.81. The predicted molar refractivity (Wildman–Crippen MR) is 60.9 cm³/mol. The van der Waals surface area contributed by atoms with Crippen LogP contribution in [0.5, 0.6) is 0 Å². The molecule has 0 aromatic heterocycles. The minimum atomic E-state index is -0.797. The van der Waals surface area contributed by atoms with Crippen LogP contribution in [0.15, 0.2) is 0 Å². The summed E-state index contributed by atoms with van der Waals surface area (Å²) in [7, 11) is 0. The van der Waals surface area contributed by atoms with Crippen LogP contribution < -0.4 is 0 Å². The number of carbonyl (C=O) groups is 1. The lowest BCUT2D eigenvalue weighted by Crippen LogP contribution is -2.54. The van der Waals surface area contributed by atoms with Crippen molar-refractivity contribution in [3.63, 3.8) is 0 Å². The van der Waals surface area contributed by atoms with E-state index in [0.717, 1.165) is 6.42 Å². The molecular formula is C13H22O3. The van der Waals surface area contributed by atoms with Gasteiger partial charge in [-0.05, 0) is 24.7 Å². The Balaban J connectivity index is 2.46. The minimum absolute atomic E-state index is 0.0533. The van der Waals surface area contributed by atoms with Crippen molar-refractivity contribution in [2.75, 3.05) is 0 Å². The Morgan fingerprint density at radius 3 is 2.19 bits per heavy atom. The maximum atomic E-state index is 11.3. The van der Waals surface area contributed by atoms with E-state index in [4.69, 9.17) is 0 Å². The van der Waals surface area contributed by atoms with Crippen LogP contribution in [0.2, 0.25) is 0 Å². The van der Waals surface area contributed by atoms with E-state index in [1.807, 2.05) is 20.8 Å². The van der Waals surface area contributed by atoms with Gasteiger partial charge in [0.15, 0.2) is 0 Å². The highest BCUT2D eigenvalue weighted by molar-refractivity contribution is 5.77. The van der Waals surface area contributed by atoms with Gasteiger partial charge in [-0.3, -0.25) is 4.79 Å². The third kappa shape index (κ3) is 0.816. The summed E-state index contributed by atoms with van der Waals surface area (Å²) in [6.07, 6.45) is 0.814. The van der Waals surface area contributed by atoms with Crippen molar-refractivity contribution >= 4 is 5.97 Å². The number of carboxylic acids is 1. The molecule has 2 fully saturated rings. The first kappa shape index (κ1) is 11.9. The van der Waals surface area contributed by atoms with Crippen molar-refractivity contribution in [3.05, 3.63) is 0 Å². The molecule has 0 heterocycles. The molecule has 0 amide bonds. The van der Waals surface area contributed by atoms with Crippen LogP contribution in [-0.4, -0.2) is 21.8 Å². The number of rotatable bonds is 3. The van der Waals surface area contributed by atoms with E-state index in [9.17, 15) is 15.0 Å². The third-order valence-corrected chi connectivity index (χ3v) is 5.73. The molecule has 0 spiro atoms. The molecule has 2 aliphatic rings. The number of fused-ring (bicyclic) bond motifs is 1. The standard InChI is InChI=1S/C13H22O3/c1-6-11(4)8(10(14)15)9-12(5,16)13(9,11)7(2)3/h7-9,16H,6H2,1-5H3,(H,14,15). The molecule has 0 aromatic rings. The number of carboxylic acid groups (broad SMARTS) is 1. The van der Waals surface area contributed by atoms with Gasteiger partial charge in [0.2, 0.25) is 0 Å². The summed E-state index contributed by atoms with van der Waals surface area (Å²) in [6.45, 7) is 10.1. The Bertz CT molecular complexity index is 347. The van der Waals surface area contributed by atoms with E-state index in [-0.39, 0.29) is 22.7 Å². The van der Waals surface area contributed by atoms with Crippen LogP contribution in [0.1, 0.15) is 41.0 Å². The van der Waals surface area contributed by atoms with Crippen LogP contribution in [0.3, 0.4) is 0 Å². The lowest BCUT2D eigenvalue weighted by molar-refractivity contribution is -0.167. The highest BCUT2D eigenvalue weighted by atomic mass is 16.4. The summed E-state index contributed by atoms with van der Waals surface area (Å²) in [6, 6.07) is 0. The molecule has 2 rings (SSSR count). The van der Waals surface area contributed by atoms with Crippen molar-refractivity contribution in [2.24, 2.45) is 28.6 Å². The van der Waals surface area contributed by atoms with E-state index < -0.39 is 11.6 Å². The van der Waals surface area contributed by atoms with Gasteiger partial charge in [-0.1, -0.05) is 27.7 Å². The van der Waals surface area contributed by atoms with Crippen LogP contribution in [-0.2, 0) is 4.79 Å². The molecular weight excluding hydrogens is 204 g/mol. The lowest BCUT2D eigenvalue weighted by Gasteiger charge is -2.53. The number of hydrogen-bond donors (Lipinski definition) is 2. The zero-order valence-corrected chi connectivity index (χ0v) is 10.7. The monoisotopic (exact) mass is 226 g/mol. The van der Waals surface area contributed by atoms with Crippen LogP contribution in [0.4, 0.5) is 0 Å². The molecule has 16 heavy (non-hydrogen) atoms. The smallest absolute Gasteiger partial charge is 0.307 e. The summed E-state index contributed by atoms with van der Waals surface area (Å²) in [5.41, 5.74) is -1.24. The zero-order chi connectivity index (χ0) is 12.5. The SMILES string of the molecule is CCC1(C)C(C(=O)O)C2C(C)(O)C21C(C)C. The van der Waals surface area contributed by atoms with Gasteiger partial charge in [0, 0.05) is 11.3 Å². The van der Waals surface area contributed by atoms with E-state index in [1.165, 1.54) is 0 Å². The summed E-state index contributed by atoms with van der Waals surface area (Å²) in [5, 5.41) is 19.8. The number of aliphatic hydroxyl groups is 1. The fourth-order valence-corrected chi connectivity index (χ4v) is 5.25. The molecule has 0 radical (unpaired) electrons. The summed E-state index contributed by atoms with van der Waals surface area (Å²) in [5.74, 6) is -0.853. The second-order valence-electron chi connectivity index (χ2n) is 6.24. The van der Waals surface area contributed by atoms with Crippen molar-refractivity contribution in [3.8, 4) is 0 Å². The molecule has 0 bridgehead atoms. The minimum Gasteiger partial charge on any atom is -0.481 e. The molecule has 0 aromatic carbocycles. The summed E-state index contributed by atoms with van der Waals surface area (Å²) < 4.78 is 0. The fourth-order valence-electron chi connectivity index (χ4n) is 5.25. The van der Waals surface area contributed by atoms with Gasteiger partial charge in [0.05, 0.1) is 11.5 Å². The topological polar surface area (TPSA) is 57.5 Å². The van der Waals surface area contributed by atoms with Gasteiger partial charge in [-0.15, -0.1) is 0 Å². The van der Waals surface area contributed by atoms with Gasteiger partial charge in [-0.25, -0.2) is 0 Å². The largest absolute Gasteiger partial charge is 0.481 e. The van der Waals surface area contributed by atoms with E-state index in [1.54, 1.807) is 0 Å². The highest BCUT2D eigenvalue weighted by Gasteiger charge is 2.93. The molecule has 2 saturated carbocycles. The molecule has 92 valence electrons. The summed E-state index contributed by atoms with van der Waals surface area (Å²) in [4.78, 5) is 11.3. The quantitative estimate of drug-likeness (QED) is 0.775. The summed E-state index contributed by atoms with van der Waals surface area (Å²) >= 11 is 0. The Morgan fingerprint density at radius 2 is 1.88 bits per heavy atom. The van der Waals surface area contributed by atoms with Crippen LogP contribution >= 0.6 is 0 Å². The number of hydrogen-bond acceptors (Lipinski definition) is 2. The Kier molecular flexibility index (Phi) is 2.09. The molecule has 2 aliphatic carbocycles. The van der Waals surface area contributed by atoms with E-state index in [0.29, 0.717) is 5.92 Å². The maximum Gasteiger partial charge on any atom is 0.307 e. The van der Waals surface area contributed by atoms with E-state index >= 15 is 0 Å². The normalized spacial score (nSPS) is 54.4. The van der Waals surface area contributed by atoms with Gasteiger partial charge in [-0.2, -0.15) is 0 Å². The van der Waals surface area contributed by atoms with E-state index in [2.05, 4.69) is 13.8 Å².